The van der Waals surface area contributed by atoms with E-state index in [1.807, 2.05) is 6.92 Å². The second-order valence-corrected chi connectivity index (χ2v) is 4.75. The van der Waals surface area contributed by atoms with Gasteiger partial charge in [0.1, 0.15) is 16.3 Å². The molecule has 0 radical (unpaired) electrons. The monoisotopic (exact) mass is 311 g/mol. The number of H-pyrrole nitrogens is 1. The first kappa shape index (κ1) is 15.2. The lowest BCUT2D eigenvalue weighted by Gasteiger charge is -2.09. The zero-order valence-corrected chi connectivity index (χ0v) is 12.1. The van der Waals surface area contributed by atoms with Gasteiger partial charge in [0.2, 0.25) is 5.82 Å². The minimum atomic E-state index is -1.27. The molecule has 0 unspecified atom stereocenters. The SMILES string of the molecule is CCc1[nH]c(-c2c(F)ccc([N+](=O)[O-])c2F)nc(=S)c1C. The molecule has 110 valence electrons. The van der Waals surface area contributed by atoms with Crippen LogP contribution in [0.3, 0.4) is 0 Å². The van der Waals surface area contributed by atoms with Gasteiger partial charge in [0.25, 0.3) is 0 Å². The lowest BCUT2D eigenvalue weighted by atomic mass is 10.1. The molecule has 8 heteroatoms. The minimum Gasteiger partial charge on any atom is -0.343 e. The number of aryl methyl sites for hydroxylation is 1. The van der Waals surface area contributed by atoms with Gasteiger partial charge in [0.15, 0.2) is 0 Å². The predicted molar refractivity (Wildman–Crippen MR) is 75.5 cm³/mol. The van der Waals surface area contributed by atoms with Crippen LogP contribution in [0.2, 0.25) is 0 Å². The summed E-state index contributed by atoms with van der Waals surface area (Å²) in [5.41, 5.74) is -0.00561. The van der Waals surface area contributed by atoms with Crippen molar-refractivity contribution in [1.82, 2.24) is 9.97 Å². The molecule has 2 rings (SSSR count). The maximum absolute atomic E-state index is 14.2. The minimum absolute atomic E-state index is 0.152. The fraction of sp³-hybridized carbons (Fsp3) is 0.231. The third-order valence-electron chi connectivity index (χ3n) is 3.11. The van der Waals surface area contributed by atoms with Crippen LogP contribution in [0.4, 0.5) is 14.5 Å². The van der Waals surface area contributed by atoms with Gasteiger partial charge in [-0.25, -0.2) is 9.37 Å². The quantitative estimate of drug-likeness (QED) is 0.531. The molecule has 5 nitrogen and oxygen atoms in total. The summed E-state index contributed by atoms with van der Waals surface area (Å²) in [7, 11) is 0. The molecule has 0 aliphatic heterocycles. The van der Waals surface area contributed by atoms with E-state index in [1.54, 1.807) is 6.92 Å². The van der Waals surface area contributed by atoms with Crippen LogP contribution in [0.15, 0.2) is 12.1 Å². The lowest BCUT2D eigenvalue weighted by Crippen LogP contribution is -2.04. The van der Waals surface area contributed by atoms with Crippen LogP contribution in [-0.2, 0) is 6.42 Å². The molecule has 1 aromatic heterocycles. The first-order chi connectivity index (χ1) is 9.86. The fourth-order valence-electron chi connectivity index (χ4n) is 1.95. The number of aromatic amines is 1. The summed E-state index contributed by atoms with van der Waals surface area (Å²) in [5, 5.41) is 10.8. The Hall–Kier alpha value is -2.22. The second-order valence-electron chi connectivity index (χ2n) is 4.36. The number of aromatic nitrogens is 2. The van der Waals surface area contributed by atoms with Crippen LogP contribution in [0, 0.1) is 33.3 Å². The standard InChI is InChI=1S/C13H11F2N3O2S/c1-3-8-6(2)13(21)17-12(16-8)10-7(14)4-5-9(11(10)15)18(19)20/h4-5H,3H2,1-2H3,(H,16,17,21). The van der Waals surface area contributed by atoms with E-state index >= 15 is 0 Å². The Kier molecular flexibility index (Phi) is 4.08. The van der Waals surface area contributed by atoms with Crippen LogP contribution in [0.1, 0.15) is 18.2 Å². The molecular weight excluding hydrogens is 300 g/mol. The van der Waals surface area contributed by atoms with Crippen molar-refractivity contribution in [2.45, 2.75) is 20.3 Å². The van der Waals surface area contributed by atoms with Crippen molar-refractivity contribution < 1.29 is 13.7 Å². The van der Waals surface area contributed by atoms with Gasteiger partial charge in [0.05, 0.1) is 10.5 Å². The number of nitrogens with zero attached hydrogens (tertiary/aromatic N) is 2. The van der Waals surface area contributed by atoms with Crippen LogP contribution >= 0.6 is 12.2 Å². The Morgan fingerprint density at radius 1 is 1.43 bits per heavy atom. The molecule has 0 spiro atoms. The third kappa shape index (κ3) is 2.66. The van der Waals surface area contributed by atoms with E-state index in [9.17, 15) is 18.9 Å². The zero-order chi connectivity index (χ0) is 15.7. The Morgan fingerprint density at radius 2 is 2.10 bits per heavy atom. The van der Waals surface area contributed by atoms with Gasteiger partial charge in [-0.05, 0) is 19.4 Å². The number of nitro benzene ring substituents is 1. The van der Waals surface area contributed by atoms with E-state index in [0.29, 0.717) is 17.7 Å². The summed E-state index contributed by atoms with van der Waals surface area (Å²) in [4.78, 5) is 16.6. The molecule has 1 N–H and O–H groups in total. The highest BCUT2D eigenvalue weighted by Gasteiger charge is 2.24. The van der Waals surface area contributed by atoms with Crippen LogP contribution < -0.4 is 0 Å². The number of benzene rings is 1. The van der Waals surface area contributed by atoms with Crippen LogP contribution in [0.25, 0.3) is 11.4 Å². The molecule has 0 fully saturated rings. The maximum Gasteiger partial charge on any atom is 0.305 e. The highest BCUT2D eigenvalue weighted by molar-refractivity contribution is 7.71. The van der Waals surface area contributed by atoms with Gasteiger partial charge >= 0.3 is 5.69 Å². The average molecular weight is 311 g/mol. The van der Waals surface area contributed by atoms with Crippen molar-refractivity contribution in [2.75, 3.05) is 0 Å². The molecule has 0 atom stereocenters. The van der Waals surface area contributed by atoms with Gasteiger partial charge in [-0.2, -0.15) is 4.39 Å². The molecule has 0 bridgehead atoms. The molecule has 0 amide bonds. The van der Waals surface area contributed by atoms with E-state index in [1.165, 1.54) is 0 Å². The van der Waals surface area contributed by atoms with Gasteiger partial charge < -0.3 is 4.98 Å². The largest absolute Gasteiger partial charge is 0.343 e. The molecule has 0 saturated heterocycles. The van der Waals surface area contributed by atoms with Gasteiger partial charge in [-0.1, -0.05) is 19.1 Å². The molecule has 1 aromatic carbocycles. The third-order valence-corrected chi connectivity index (χ3v) is 3.51. The molecular formula is C13H11F2N3O2S. The molecule has 0 aliphatic rings. The second kappa shape index (κ2) is 5.65. The molecule has 2 aromatic rings. The zero-order valence-electron chi connectivity index (χ0n) is 11.2. The number of hydrogen-bond donors (Lipinski definition) is 1. The highest BCUT2D eigenvalue weighted by Crippen LogP contribution is 2.30. The van der Waals surface area contributed by atoms with Crippen LogP contribution in [-0.4, -0.2) is 14.9 Å². The van der Waals surface area contributed by atoms with Crippen molar-refractivity contribution in [3.8, 4) is 11.4 Å². The summed E-state index contributed by atoms with van der Waals surface area (Å²) < 4.78 is 28.3. The van der Waals surface area contributed by atoms with E-state index in [-0.39, 0.29) is 10.5 Å². The molecule has 0 saturated carbocycles. The molecule has 1 heterocycles. The Balaban J connectivity index is 2.78. The first-order valence-electron chi connectivity index (χ1n) is 6.09. The summed E-state index contributed by atoms with van der Waals surface area (Å²) in [5.74, 6) is -2.37. The first-order valence-corrected chi connectivity index (χ1v) is 6.50. The van der Waals surface area contributed by atoms with Crippen molar-refractivity contribution in [3.63, 3.8) is 0 Å². The van der Waals surface area contributed by atoms with E-state index in [2.05, 4.69) is 9.97 Å². The summed E-state index contributed by atoms with van der Waals surface area (Å²) >= 11 is 5.06. The number of halogens is 2. The summed E-state index contributed by atoms with van der Waals surface area (Å²) in [6, 6.07) is 1.61. The lowest BCUT2D eigenvalue weighted by molar-refractivity contribution is -0.387. The molecule has 0 aliphatic carbocycles. The molecule has 21 heavy (non-hydrogen) atoms. The normalized spacial score (nSPS) is 10.7. The van der Waals surface area contributed by atoms with E-state index in [4.69, 9.17) is 12.2 Å². The van der Waals surface area contributed by atoms with Gasteiger partial charge in [0, 0.05) is 17.3 Å². The van der Waals surface area contributed by atoms with Crippen molar-refractivity contribution in [2.24, 2.45) is 0 Å². The van der Waals surface area contributed by atoms with Crippen LogP contribution in [0.5, 0.6) is 0 Å². The topological polar surface area (TPSA) is 71.8 Å². The van der Waals surface area contributed by atoms with Gasteiger partial charge in [-0.3, -0.25) is 10.1 Å². The van der Waals surface area contributed by atoms with Gasteiger partial charge in [-0.15, -0.1) is 0 Å². The van der Waals surface area contributed by atoms with Crippen molar-refractivity contribution in [1.29, 1.82) is 0 Å². The smallest absolute Gasteiger partial charge is 0.305 e. The predicted octanol–water partition coefficient (Wildman–Crippen LogP) is 3.86. The Bertz CT molecular complexity index is 790. The van der Waals surface area contributed by atoms with Crippen molar-refractivity contribution >= 4 is 17.9 Å². The summed E-state index contributed by atoms with van der Waals surface area (Å²) in [6.45, 7) is 3.59. The highest BCUT2D eigenvalue weighted by atomic mass is 32.1. The Labute approximate surface area is 123 Å². The number of hydrogen-bond acceptors (Lipinski definition) is 4. The number of rotatable bonds is 3. The maximum atomic E-state index is 14.2. The Morgan fingerprint density at radius 3 is 2.67 bits per heavy atom. The van der Waals surface area contributed by atoms with E-state index in [0.717, 1.165) is 12.1 Å². The summed E-state index contributed by atoms with van der Waals surface area (Å²) in [6.07, 6.45) is 0.559. The van der Waals surface area contributed by atoms with Crippen molar-refractivity contribution in [3.05, 3.63) is 49.8 Å². The number of nitrogens with one attached hydrogen (secondary N) is 1. The fourth-order valence-corrected chi connectivity index (χ4v) is 2.17. The average Bonchev–Trinajstić information content (AvgIpc) is 2.42. The number of nitro groups is 1. The van der Waals surface area contributed by atoms with E-state index < -0.39 is 27.8 Å².